The Bertz CT molecular complexity index is 742. The number of hydrogen-bond donors (Lipinski definition) is 2. The van der Waals surface area contributed by atoms with Crippen LogP contribution in [0.15, 0.2) is 47.5 Å². The van der Waals surface area contributed by atoms with Gasteiger partial charge in [-0.1, -0.05) is 29.8 Å². The minimum absolute atomic E-state index is 0.142. The highest BCUT2D eigenvalue weighted by Gasteiger charge is 2.14. The van der Waals surface area contributed by atoms with E-state index < -0.39 is 0 Å². The van der Waals surface area contributed by atoms with Crippen LogP contribution in [0.4, 0.5) is 5.69 Å². The molecule has 3 N–H and O–H groups in total. The summed E-state index contributed by atoms with van der Waals surface area (Å²) in [7, 11) is 7.30. The van der Waals surface area contributed by atoms with Crippen molar-refractivity contribution >= 4 is 11.6 Å². The van der Waals surface area contributed by atoms with Gasteiger partial charge in [0.05, 0.1) is 32.5 Å². The number of hydrogen-bond acceptors (Lipinski definition) is 4. The molecule has 6 nitrogen and oxygen atoms in total. The highest BCUT2D eigenvalue weighted by molar-refractivity contribution is 5.94. The van der Waals surface area contributed by atoms with Gasteiger partial charge in [0, 0.05) is 6.07 Å². The van der Waals surface area contributed by atoms with Crippen molar-refractivity contribution in [2.24, 2.45) is 10.7 Å². The molecular weight excluding hydrogens is 328 g/mol. The minimum atomic E-state index is 0.142. The van der Waals surface area contributed by atoms with E-state index in [1.807, 2.05) is 32.3 Å². The molecule has 140 valence electrons. The Hall–Kier alpha value is -2.73. The summed E-state index contributed by atoms with van der Waals surface area (Å²) in [5.74, 6) is 1.72. The van der Waals surface area contributed by atoms with Crippen LogP contribution in [0.2, 0.25) is 0 Å². The van der Waals surface area contributed by atoms with Crippen molar-refractivity contribution in [3.63, 3.8) is 0 Å². The lowest BCUT2D eigenvalue weighted by Crippen LogP contribution is -2.27. The van der Waals surface area contributed by atoms with Crippen LogP contribution in [0.3, 0.4) is 0 Å². The van der Waals surface area contributed by atoms with Crippen molar-refractivity contribution in [1.82, 2.24) is 4.90 Å². The van der Waals surface area contributed by atoms with Gasteiger partial charge in [0.1, 0.15) is 11.5 Å². The van der Waals surface area contributed by atoms with Gasteiger partial charge in [0.25, 0.3) is 0 Å². The number of aliphatic imine (C=N–C) groups is 1. The van der Waals surface area contributed by atoms with Crippen LogP contribution in [-0.2, 0) is 0 Å². The summed E-state index contributed by atoms with van der Waals surface area (Å²) in [5.41, 5.74) is 9.25. The van der Waals surface area contributed by atoms with Crippen LogP contribution in [-0.4, -0.2) is 45.7 Å². The molecule has 0 amide bonds. The van der Waals surface area contributed by atoms with Crippen LogP contribution >= 0.6 is 0 Å². The first-order valence-electron chi connectivity index (χ1n) is 8.46. The highest BCUT2D eigenvalue weighted by Crippen LogP contribution is 2.28. The van der Waals surface area contributed by atoms with Gasteiger partial charge in [-0.15, -0.1) is 0 Å². The van der Waals surface area contributed by atoms with E-state index in [1.54, 1.807) is 14.2 Å². The lowest BCUT2D eigenvalue weighted by molar-refractivity contribution is 0.306. The van der Waals surface area contributed by atoms with Gasteiger partial charge >= 0.3 is 0 Å². The van der Waals surface area contributed by atoms with Gasteiger partial charge in [0.15, 0.2) is 5.96 Å². The van der Waals surface area contributed by atoms with E-state index in [4.69, 9.17) is 15.2 Å². The zero-order chi connectivity index (χ0) is 19.1. The second kappa shape index (κ2) is 9.10. The number of ether oxygens (including phenoxy) is 2. The second-order valence-electron chi connectivity index (χ2n) is 6.31. The molecule has 1 atom stereocenters. The number of nitrogens with two attached hydrogens (primary N) is 1. The number of guanidine groups is 1. The van der Waals surface area contributed by atoms with Crippen molar-refractivity contribution in [2.45, 2.75) is 13.0 Å². The fourth-order valence-corrected chi connectivity index (χ4v) is 2.63. The number of nitrogens with one attached hydrogen (secondary N) is 1. The molecule has 2 aromatic rings. The third-order valence-electron chi connectivity index (χ3n) is 4.19. The molecule has 0 aliphatic rings. The third-order valence-corrected chi connectivity index (χ3v) is 4.19. The Balaban J connectivity index is 2.14. The summed E-state index contributed by atoms with van der Waals surface area (Å²) in [6.45, 7) is 2.62. The molecular formula is C20H28N4O2. The minimum Gasteiger partial charge on any atom is -0.497 e. The Morgan fingerprint density at radius 2 is 1.81 bits per heavy atom. The molecule has 0 spiro atoms. The molecule has 0 aliphatic carbocycles. The third kappa shape index (κ3) is 5.13. The number of anilines is 1. The van der Waals surface area contributed by atoms with Crippen molar-refractivity contribution in [3.05, 3.63) is 53.6 Å². The van der Waals surface area contributed by atoms with Crippen LogP contribution in [0, 0.1) is 6.92 Å². The number of aryl methyl sites for hydroxylation is 1. The number of methoxy groups -OCH3 is 2. The molecule has 0 bridgehead atoms. The molecule has 26 heavy (non-hydrogen) atoms. The Labute approximate surface area is 155 Å². The fourth-order valence-electron chi connectivity index (χ4n) is 2.63. The molecule has 0 aromatic heterocycles. The lowest BCUT2D eigenvalue weighted by atomic mass is 10.0. The van der Waals surface area contributed by atoms with E-state index in [9.17, 15) is 0 Å². The lowest BCUT2D eigenvalue weighted by Gasteiger charge is -2.23. The zero-order valence-corrected chi connectivity index (χ0v) is 16.1. The first-order chi connectivity index (χ1) is 12.4. The maximum Gasteiger partial charge on any atom is 0.193 e. The average Bonchev–Trinajstić information content (AvgIpc) is 2.63. The standard InChI is InChI=1S/C20H28N4O2/c1-14-6-8-15(9-7-14)18(24(2)3)13-22-20(21)23-17-12-16(25-4)10-11-19(17)26-5/h6-12,18H,13H2,1-5H3,(H3,21,22,23). The molecule has 0 saturated carbocycles. The van der Waals surface area contributed by atoms with Crippen molar-refractivity contribution < 1.29 is 9.47 Å². The maximum absolute atomic E-state index is 6.10. The topological polar surface area (TPSA) is 72.1 Å². The van der Waals surface area contributed by atoms with Crippen LogP contribution in [0.5, 0.6) is 11.5 Å². The molecule has 0 heterocycles. The van der Waals surface area contributed by atoms with Gasteiger partial charge in [0.2, 0.25) is 0 Å². The maximum atomic E-state index is 6.10. The summed E-state index contributed by atoms with van der Waals surface area (Å²) >= 11 is 0. The smallest absolute Gasteiger partial charge is 0.193 e. The predicted octanol–water partition coefficient (Wildman–Crippen LogP) is 3.04. The number of benzene rings is 2. The van der Waals surface area contributed by atoms with Gasteiger partial charge in [-0.05, 0) is 38.7 Å². The first kappa shape index (κ1) is 19.6. The summed E-state index contributed by atoms with van der Waals surface area (Å²) in [5, 5.41) is 3.10. The van der Waals surface area contributed by atoms with Gasteiger partial charge in [-0.25, -0.2) is 0 Å². The first-order valence-corrected chi connectivity index (χ1v) is 8.46. The molecule has 1 unspecified atom stereocenters. The summed E-state index contributed by atoms with van der Waals surface area (Å²) in [6, 6.07) is 14.1. The molecule has 0 saturated heterocycles. The molecule has 6 heteroatoms. The molecule has 0 radical (unpaired) electrons. The zero-order valence-electron chi connectivity index (χ0n) is 16.1. The fraction of sp³-hybridized carbons (Fsp3) is 0.350. The molecule has 0 fully saturated rings. The van der Waals surface area contributed by atoms with E-state index in [0.717, 1.165) is 0 Å². The van der Waals surface area contributed by atoms with E-state index in [2.05, 4.69) is 46.4 Å². The Kier molecular flexibility index (Phi) is 6.86. The van der Waals surface area contributed by atoms with Crippen molar-refractivity contribution in [3.8, 4) is 11.5 Å². The number of likely N-dealkylation sites (N-methyl/N-ethyl adjacent to an activating group) is 1. The Morgan fingerprint density at radius 1 is 1.12 bits per heavy atom. The van der Waals surface area contributed by atoms with E-state index in [-0.39, 0.29) is 6.04 Å². The van der Waals surface area contributed by atoms with Crippen LogP contribution in [0.1, 0.15) is 17.2 Å². The number of rotatable bonds is 7. The van der Waals surface area contributed by atoms with Crippen molar-refractivity contribution in [2.75, 3.05) is 40.2 Å². The van der Waals surface area contributed by atoms with Crippen LogP contribution < -0.4 is 20.5 Å². The predicted molar refractivity (Wildman–Crippen MR) is 107 cm³/mol. The van der Waals surface area contributed by atoms with E-state index in [0.29, 0.717) is 29.7 Å². The average molecular weight is 356 g/mol. The van der Waals surface area contributed by atoms with Crippen LogP contribution in [0.25, 0.3) is 0 Å². The molecule has 2 rings (SSSR count). The highest BCUT2D eigenvalue weighted by atomic mass is 16.5. The van der Waals surface area contributed by atoms with E-state index >= 15 is 0 Å². The largest absolute Gasteiger partial charge is 0.497 e. The van der Waals surface area contributed by atoms with E-state index in [1.165, 1.54) is 11.1 Å². The quantitative estimate of drug-likeness (QED) is 0.589. The molecule has 0 aliphatic heterocycles. The summed E-state index contributed by atoms with van der Waals surface area (Å²) in [6.07, 6.45) is 0. The van der Waals surface area contributed by atoms with Gasteiger partial charge in [-0.2, -0.15) is 0 Å². The summed E-state index contributed by atoms with van der Waals surface area (Å²) < 4.78 is 10.6. The van der Waals surface area contributed by atoms with Gasteiger partial charge in [-0.3, -0.25) is 4.99 Å². The number of nitrogens with zero attached hydrogens (tertiary/aromatic N) is 2. The van der Waals surface area contributed by atoms with Gasteiger partial charge < -0.3 is 25.4 Å². The molecule has 2 aromatic carbocycles. The second-order valence-corrected chi connectivity index (χ2v) is 6.31. The Morgan fingerprint density at radius 3 is 2.38 bits per heavy atom. The normalized spacial score (nSPS) is 12.8. The van der Waals surface area contributed by atoms with Crippen molar-refractivity contribution in [1.29, 1.82) is 0 Å². The monoisotopic (exact) mass is 356 g/mol. The SMILES string of the molecule is COc1ccc(OC)c(NC(N)=NCC(c2ccc(C)cc2)N(C)C)c1. The summed E-state index contributed by atoms with van der Waals surface area (Å²) in [4.78, 5) is 6.65.